The number of hydrogen-bond acceptors (Lipinski definition) is 4. The lowest BCUT2D eigenvalue weighted by molar-refractivity contribution is -0.136. The Bertz CT molecular complexity index is 1420. The molecule has 0 radical (unpaired) electrons. The molecule has 1 saturated heterocycles. The molecule has 0 unspecified atom stereocenters. The predicted molar refractivity (Wildman–Crippen MR) is 143 cm³/mol. The molecule has 2 aliphatic heterocycles. The molecule has 5 rings (SSSR count). The largest absolute Gasteiger partial charge is 0.336 e. The third kappa shape index (κ3) is 4.51. The number of aromatic nitrogens is 1. The molecule has 0 spiro atoms. The van der Waals surface area contributed by atoms with Gasteiger partial charge in [-0.3, -0.25) is 19.3 Å². The van der Waals surface area contributed by atoms with Crippen molar-refractivity contribution in [3.05, 3.63) is 92.6 Å². The lowest BCUT2D eigenvalue weighted by Gasteiger charge is -2.29. The summed E-state index contributed by atoms with van der Waals surface area (Å²) in [5.41, 5.74) is 8.72. The van der Waals surface area contributed by atoms with Crippen LogP contribution in [0.25, 0.3) is 11.8 Å². The van der Waals surface area contributed by atoms with Crippen LogP contribution in [0.15, 0.2) is 53.4 Å². The molecule has 3 aromatic rings. The van der Waals surface area contributed by atoms with Crippen molar-refractivity contribution < 1.29 is 14.4 Å². The fourth-order valence-electron chi connectivity index (χ4n) is 5.13. The number of imide groups is 1. The van der Waals surface area contributed by atoms with Gasteiger partial charge in [0.25, 0.3) is 11.1 Å². The summed E-state index contributed by atoms with van der Waals surface area (Å²) in [5.74, 6) is -0.618. The van der Waals surface area contributed by atoms with Gasteiger partial charge in [0.2, 0.25) is 5.91 Å². The van der Waals surface area contributed by atoms with E-state index in [0.717, 1.165) is 51.3 Å². The first kappa shape index (κ1) is 24.1. The maximum Gasteiger partial charge on any atom is 0.294 e. The van der Waals surface area contributed by atoms with Gasteiger partial charge in [-0.25, -0.2) is 0 Å². The molecule has 0 atom stereocenters. The Kier molecular flexibility index (Phi) is 6.35. The number of amides is 3. The molecular weight excluding hydrogens is 470 g/mol. The maximum absolute atomic E-state index is 13.1. The van der Waals surface area contributed by atoms with Crippen LogP contribution in [0.2, 0.25) is 0 Å². The quantitative estimate of drug-likeness (QED) is 0.455. The topological polar surface area (TPSA) is 62.6 Å². The second-order valence-electron chi connectivity index (χ2n) is 9.61. The summed E-state index contributed by atoms with van der Waals surface area (Å²) in [6.07, 6.45) is 2.55. The highest BCUT2D eigenvalue weighted by Gasteiger charge is 2.37. The van der Waals surface area contributed by atoms with Gasteiger partial charge >= 0.3 is 0 Å². The monoisotopic (exact) mass is 499 g/mol. The molecular formula is C29H29N3O3S. The summed E-state index contributed by atoms with van der Waals surface area (Å²) < 4.78 is 2.16. The Morgan fingerprint density at radius 3 is 2.39 bits per heavy atom. The van der Waals surface area contributed by atoms with Gasteiger partial charge in [-0.2, -0.15) is 0 Å². The van der Waals surface area contributed by atoms with Crippen molar-refractivity contribution in [3.8, 4) is 5.69 Å². The molecule has 7 heteroatoms. The van der Waals surface area contributed by atoms with E-state index in [2.05, 4.69) is 42.7 Å². The van der Waals surface area contributed by atoms with Crippen molar-refractivity contribution in [1.29, 1.82) is 0 Å². The van der Waals surface area contributed by atoms with E-state index in [1.807, 2.05) is 38.1 Å². The van der Waals surface area contributed by atoms with Crippen LogP contribution in [0, 0.1) is 27.7 Å². The standard InChI is InChI=1S/C29H29N3O3S/c1-18-11-19(2)13-25(12-18)32-20(3)14-24(21(32)4)15-26-28(34)31(29(35)36-26)17-27(33)30-10-9-22-7-5-6-8-23(22)16-30/h5-8,11-15H,9-10,16-17H2,1-4H3. The minimum atomic E-state index is -0.410. The SMILES string of the molecule is Cc1cc(C)cc(-n2c(C)cc(C=C3SC(=O)N(CC(=O)N4CCc5ccccc5C4)C3=O)c2C)c1. The number of carbonyl (C=O) groups excluding carboxylic acids is 3. The van der Waals surface area contributed by atoms with Crippen LogP contribution in [0.1, 0.15) is 39.2 Å². The zero-order valence-electron chi connectivity index (χ0n) is 21.0. The van der Waals surface area contributed by atoms with E-state index in [-0.39, 0.29) is 12.5 Å². The maximum atomic E-state index is 13.1. The number of thioether (sulfide) groups is 1. The summed E-state index contributed by atoms with van der Waals surface area (Å²) in [5, 5.41) is -0.403. The number of aryl methyl sites for hydroxylation is 3. The molecule has 3 amide bonds. The Morgan fingerprint density at radius 2 is 1.67 bits per heavy atom. The number of rotatable bonds is 4. The third-order valence-corrected chi connectivity index (χ3v) is 7.78. The number of carbonyl (C=O) groups is 3. The molecule has 1 fully saturated rings. The fraction of sp³-hybridized carbons (Fsp3) is 0.276. The molecule has 6 nitrogen and oxygen atoms in total. The predicted octanol–water partition coefficient (Wildman–Crippen LogP) is 5.33. The Morgan fingerprint density at radius 1 is 0.972 bits per heavy atom. The zero-order valence-corrected chi connectivity index (χ0v) is 21.8. The van der Waals surface area contributed by atoms with Crippen LogP contribution < -0.4 is 0 Å². The normalized spacial score (nSPS) is 16.7. The average Bonchev–Trinajstić information content (AvgIpc) is 3.26. The summed E-state index contributed by atoms with van der Waals surface area (Å²) in [6, 6.07) is 16.5. The van der Waals surface area contributed by atoms with Crippen molar-refractivity contribution >= 4 is 34.9 Å². The van der Waals surface area contributed by atoms with Crippen molar-refractivity contribution in [3.63, 3.8) is 0 Å². The lowest BCUT2D eigenvalue weighted by Crippen LogP contribution is -2.44. The number of nitrogens with zero attached hydrogens (tertiary/aromatic N) is 3. The highest BCUT2D eigenvalue weighted by atomic mass is 32.2. The van der Waals surface area contributed by atoms with Gasteiger partial charge in [0, 0.05) is 30.2 Å². The van der Waals surface area contributed by atoms with Gasteiger partial charge in [0.05, 0.1) is 4.91 Å². The van der Waals surface area contributed by atoms with Crippen LogP contribution in [0.5, 0.6) is 0 Å². The Hall–Kier alpha value is -3.58. The molecule has 3 heterocycles. The highest BCUT2D eigenvalue weighted by molar-refractivity contribution is 8.18. The van der Waals surface area contributed by atoms with E-state index < -0.39 is 11.1 Å². The summed E-state index contributed by atoms with van der Waals surface area (Å²) in [4.78, 5) is 42.0. The molecule has 0 aliphatic carbocycles. The Balaban J connectivity index is 1.34. The van der Waals surface area contributed by atoms with Crippen LogP contribution >= 0.6 is 11.8 Å². The summed E-state index contributed by atoms with van der Waals surface area (Å²) in [6.45, 7) is 9.06. The van der Waals surface area contributed by atoms with E-state index >= 15 is 0 Å². The average molecular weight is 500 g/mol. The van der Waals surface area contributed by atoms with E-state index in [9.17, 15) is 14.4 Å². The van der Waals surface area contributed by atoms with E-state index in [1.165, 1.54) is 16.7 Å². The van der Waals surface area contributed by atoms with Crippen LogP contribution in [-0.4, -0.2) is 44.5 Å². The van der Waals surface area contributed by atoms with E-state index in [1.54, 1.807) is 11.0 Å². The third-order valence-electron chi connectivity index (χ3n) is 6.87. The van der Waals surface area contributed by atoms with Crippen LogP contribution in [-0.2, 0) is 22.6 Å². The number of benzene rings is 2. The first-order chi connectivity index (χ1) is 17.2. The van der Waals surface area contributed by atoms with Crippen molar-refractivity contribution in [1.82, 2.24) is 14.4 Å². The summed E-state index contributed by atoms with van der Waals surface area (Å²) in [7, 11) is 0. The van der Waals surface area contributed by atoms with Crippen LogP contribution in [0.4, 0.5) is 4.79 Å². The molecule has 2 aromatic carbocycles. The molecule has 36 heavy (non-hydrogen) atoms. The first-order valence-corrected chi connectivity index (χ1v) is 12.9. The van der Waals surface area contributed by atoms with Crippen molar-refractivity contribution in [2.75, 3.05) is 13.1 Å². The molecule has 0 N–H and O–H groups in total. The van der Waals surface area contributed by atoms with Gasteiger partial charge < -0.3 is 9.47 Å². The van der Waals surface area contributed by atoms with E-state index in [0.29, 0.717) is 18.0 Å². The van der Waals surface area contributed by atoms with Gasteiger partial charge in [0.1, 0.15) is 6.54 Å². The summed E-state index contributed by atoms with van der Waals surface area (Å²) >= 11 is 0.897. The van der Waals surface area contributed by atoms with Gasteiger partial charge in [-0.05, 0) is 98.0 Å². The van der Waals surface area contributed by atoms with Gasteiger partial charge in [-0.1, -0.05) is 30.3 Å². The minimum Gasteiger partial charge on any atom is -0.336 e. The van der Waals surface area contributed by atoms with Crippen LogP contribution in [0.3, 0.4) is 0 Å². The second-order valence-corrected chi connectivity index (χ2v) is 10.6. The molecule has 0 bridgehead atoms. The molecule has 1 aromatic heterocycles. The highest BCUT2D eigenvalue weighted by Crippen LogP contribution is 2.34. The van der Waals surface area contributed by atoms with Crippen molar-refractivity contribution in [2.45, 2.75) is 40.7 Å². The molecule has 0 saturated carbocycles. The lowest BCUT2D eigenvalue weighted by atomic mass is 10.00. The molecule has 184 valence electrons. The van der Waals surface area contributed by atoms with E-state index in [4.69, 9.17) is 0 Å². The second kappa shape index (κ2) is 9.47. The number of fused-ring (bicyclic) bond motifs is 1. The Labute approximate surface area is 215 Å². The minimum absolute atomic E-state index is 0.207. The number of hydrogen-bond donors (Lipinski definition) is 0. The first-order valence-electron chi connectivity index (χ1n) is 12.1. The fourth-order valence-corrected chi connectivity index (χ4v) is 5.96. The van der Waals surface area contributed by atoms with Gasteiger partial charge in [-0.15, -0.1) is 0 Å². The van der Waals surface area contributed by atoms with Crippen molar-refractivity contribution in [2.24, 2.45) is 0 Å². The smallest absolute Gasteiger partial charge is 0.294 e. The van der Waals surface area contributed by atoms with Gasteiger partial charge in [0.15, 0.2) is 0 Å². The zero-order chi connectivity index (χ0) is 25.6. The molecule has 2 aliphatic rings.